The molecule has 1 amide bonds. The smallest absolute Gasteiger partial charge is 0.324 e. The minimum absolute atomic E-state index is 0.00513. The molecule has 1 saturated heterocycles. The van der Waals surface area contributed by atoms with E-state index in [4.69, 9.17) is 16.3 Å². The highest BCUT2D eigenvalue weighted by Gasteiger charge is 2.40. The van der Waals surface area contributed by atoms with Crippen molar-refractivity contribution in [3.63, 3.8) is 0 Å². The normalized spacial score (nSPS) is 18.9. The van der Waals surface area contributed by atoms with Crippen molar-refractivity contribution in [2.75, 3.05) is 13.2 Å². The zero-order valence-electron chi connectivity index (χ0n) is 15.5. The fourth-order valence-corrected chi connectivity index (χ4v) is 4.83. The quantitative estimate of drug-likeness (QED) is 0.656. The van der Waals surface area contributed by atoms with Gasteiger partial charge in [-0.3, -0.25) is 9.59 Å². The van der Waals surface area contributed by atoms with E-state index in [0.29, 0.717) is 17.9 Å². The molecular weight excluding hydrogens is 392 g/mol. The second-order valence-electron chi connectivity index (χ2n) is 6.59. The van der Waals surface area contributed by atoms with Gasteiger partial charge in [-0.1, -0.05) is 24.9 Å². The SMILES string of the molecule is CCC[C@H](C)NC(=O)COC(=O)[C@@H]1CCCN1S(=O)(=O)c1ccc(Cl)cc1. The summed E-state index contributed by atoms with van der Waals surface area (Å²) < 4.78 is 31.8. The standard InChI is InChI=1S/C18H25ClN2O5S/c1-3-5-13(2)20-17(22)12-26-18(23)16-6-4-11-21(16)27(24,25)15-9-7-14(19)8-10-15/h7-10,13,16H,3-6,11-12H2,1-2H3,(H,20,22)/t13-,16-/m0/s1. The van der Waals surface area contributed by atoms with Gasteiger partial charge in [0.05, 0.1) is 4.90 Å². The Balaban J connectivity index is 1.99. The first-order chi connectivity index (χ1) is 12.8. The van der Waals surface area contributed by atoms with E-state index >= 15 is 0 Å². The molecular formula is C18H25ClN2O5S. The number of esters is 1. The van der Waals surface area contributed by atoms with Crippen molar-refractivity contribution in [1.82, 2.24) is 9.62 Å². The first-order valence-electron chi connectivity index (χ1n) is 8.99. The second-order valence-corrected chi connectivity index (χ2v) is 8.92. The van der Waals surface area contributed by atoms with E-state index in [2.05, 4.69) is 5.32 Å². The Labute approximate surface area is 165 Å². The molecule has 150 valence electrons. The highest BCUT2D eigenvalue weighted by atomic mass is 35.5. The Hall–Kier alpha value is -1.64. The molecule has 0 bridgehead atoms. The van der Waals surface area contributed by atoms with Crippen LogP contribution in [0.2, 0.25) is 5.02 Å². The van der Waals surface area contributed by atoms with Crippen LogP contribution in [0.4, 0.5) is 0 Å². The van der Waals surface area contributed by atoms with Gasteiger partial charge in [0.2, 0.25) is 10.0 Å². The molecule has 2 rings (SSSR count). The van der Waals surface area contributed by atoms with Crippen LogP contribution in [0.1, 0.15) is 39.5 Å². The van der Waals surface area contributed by atoms with Gasteiger partial charge >= 0.3 is 5.97 Å². The zero-order chi connectivity index (χ0) is 20.0. The summed E-state index contributed by atoms with van der Waals surface area (Å²) in [5, 5.41) is 3.16. The summed E-state index contributed by atoms with van der Waals surface area (Å²) in [6.07, 6.45) is 2.67. The predicted octanol–water partition coefficient (Wildman–Crippen LogP) is 2.34. The summed E-state index contributed by atoms with van der Waals surface area (Å²) in [7, 11) is -3.84. The van der Waals surface area contributed by atoms with Crippen LogP contribution in [-0.4, -0.2) is 49.8 Å². The number of halogens is 1. The number of hydrogen-bond acceptors (Lipinski definition) is 5. The van der Waals surface area contributed by atoms with E-state index in [0.717, 1.165) is 17.1 Å². The molecule has 1 aromatic rings. The molecule has 1 aromatic carbocycles. The number of ether oxygens (including phenoxy) is 1. The zero-order valence-corrected chi connectivity index (χ0v) is 17.1. The number of nitrogens with one attached hydrogen (secondary N) is 1. The van der Waals surface area contributed by atoms with Crippen LogP contribution in [-0.2, 0) is 24.3 Å². The minimum Gasteiger partial charge on any atom is -0.454 e. The molecule has 27 heavy (non-hydrogen) atoms. The summed E-state index contributed by atoms with van der Waals surface area (Å²) in [4.78, 5) is 24.3. The fourth-order valence-electron chi connectivity index (χ4n) is 3.06. The van der Waals surface area contributed by atoms with Crippen molar-refractivity contribution in [3.05, 3.63) is 29.3 Å². The van der Waals surface area contributed by atoms with Crippen LogP contribution in [0, 0.1) is 0 Å². The first-order valence-corrected chi connectivity index (χ1v) is 10.8. The van der Waals surface area contributed by atoms with Gasteiger partial charge in [0.1, 0.15) is 6.04 Å². The number of nitrogens with zero attached hydrogens (tertiary/aromatic N) is 1. The Kier molecular flexibility index (Phi) is 7.64. The van der Waals surface area contributed by atoms with Crippen LogP contribution in [0.15, 0.2) is 29.2 Å². The van der Waals surface area contributed by atoms with E-state index in [-0.39, 0.29) is 17.5 Å². The number of amides is 1. The molecule has 1 fully saturated rings. The van der Waals surface area contributed by atoms with E-state index in [1.54, 1.807) is 0 Å². The molecule has 1 aliphatic heterocycles. The van der Waals surface area contributed by atoms with Gasteiger partial charge < -0.3 is 10.1 Å². The highest BCUT2D eigenvalue weighted by molar-refractivity contribution is 7.89. The summed E-state index contributed by atoms with van der Waals surface area (Å²) in [6.45, 7) is 3.70. The summed E-state index contributed by atoms with van der Waals surface area (Å²) in [5.74, 6) is -1.10. The van der Waals surface area contributed by atoms with Crippen LogP contribution >= 0.6 is 11.6 Å². The largest absolute Gasteiger partial charge is 0.454 e. The van der Waals surface area contributed by atoms with Crippen molar-refractivity contribution < 1.29 is 22.7 Å². The van der Waals surface area contributed by atoms with E-state index in [1.807, 2.05) is 13.8 Å². The number of benzene rings is 1. The van der Waals surface area contributed by atoms with Crippen LogP contribution in [0.5, 0.6) is 0 Å². The summed E-state index contributed by atoms with van der Waals surface area (Å²) in [6, 6.07) is 4.85. The van der Waals surface area contributed by atoms with Gasteiger partial charge in [-0.2, -0.15) is 4.31 Å². The Morgan fingerprint density at radius 3 is 2.63 bits per heavy atom. The number of carbonyl (C=O) groups excluding carboxylic acids is 2. The molecule has 0 radical (unpaired) electrons. The number of rotatable bonds is 8. The Morgan fingerprint density at radius 1 is 1.33 bits per heavy atom. The summed E-state index contributed by atoms with van der Waals surface area (Å²) in [5.41, 5.74) is 0. The molecule has 1 N–H and O–H groups in total. The molecule has 0 aliphatic carbocycles. The van der Waals surface area contributed by atoms with Gasteiger partial charge in [-0.05, 0) is 50.5 Å². The number of sulfonamides is 1. The van der Waals surface area contributed by atoms with Gasteiger partial charge in [-0.25, -0.2) is 8.42 Å². The fraction of sp³-hybridized carbons (Fsp3) is 0.556. The van der Waals surface area contributed by atoms with E-state index in [1.165, 1.54) is 24.3 Å². The van der Waals surface area contributed by atoms with E-state index in [9.17, 15) is 18.0 Å². The van der Waals surface area contributed by atoms with Gasteiger partial charge in [-0.15, -0.1) is 0 Å². The third-order valence-corrected chi connectivity index (χ3v) is 6.54. The molecule has 1 heterocycles. The molecule has 0 unspecified atom stereocenters. The molecule has 0 aromatic heterocycles. The average molecular weight is 417 g/mol. The lowest BCUT2D eigenvalue weighted by molar-refractivity contribution is -0.151. The van der Waals surface area contributed by atoms with Gasteiger partial charge in [0.15, 0.2) is 6.61 Å². The minimum atomic E-state index is -3.84. The van der Waals surface area contributed by atoms with Crippen molar-refractivity contribution >= 4 is 33.5 Å². The number of carbonyl (C=O) groups is 2. The molecule has 9 heteroatoms. The molecule has 0 spiro atoms. The van der Waals surface area contributed by atoms with Crippen molar-refractivity contribution in [2.45, 2.75) is 56.5 Å². The summed E-state index contributed by atoms with van der Waals surface area (Å²) >= 11 is 5.81. The lowest BCUT2D eigenvalue weighted by Gasteiger charge is -2.23. The van der Waals surface area contributed by atoms with Crippen LogP contribution < -0.4 is 5.32 Å². The van der Waals surface area contributed by atoms with Crippen LogP contribution in [0.25, 0.3) is 0 Å². The van der Waals surface area contributed by atoms with Crippen molar-refractivity contribution in [3.8, 4) is 0 Å². The third kappa shape index (κ3) is 5.67. The topological polar surface area (TPSA) is 92.8 Å². The van der Waals surface area contributed by atoms with Crippen molar-refractivity contribution in [2.24, 2.45) is 0 Å². The third-order valence-electron chi connectivity index (χ3n) is 4.37. The lowest BCUT2D eigenvalue weighted by atomic mass is 10.2. The highest BCUT2D eigenvalue weighted by Crippen LogP contribution is 2.27. The second kappa shape index (κ2) is 9.52. The van der Waals surface area contributed by atoms with E-state index < -0.39 is 34.5 Å². The maximum absolute atomic E-state index is 12.8. The van der Waals surface area contributed by atoms with Crippen molar-refractivity contribution in [1.29, 1.82) is 0 Å². The maximum atomic E-state index is 12.8. The molecule has 1 aliphatic rings. The monoisotopic (exact) mass is 416 g/mol. The first kappa shape index (κ1) is 21.7. The van der Waals surface area contributed by atoms with Gasteiger partial charge in [0.25, 0.3) is 5.91 Å². The molecule has 2 atom stereocenters. The van der Waals surface area contributed by atoms with Crippen LogP contribution in [0.3, 0.4) is 0 Å². The number of hydrogen-bond donors (Lipinski definition) is 1. The molecule has 7 nitrogen and oxygen atoms in total. The van der Waals surface area contributed by atoms with Gasteiger partial charge in [0, 0.05) is 17.6 Å². The maximum Gasteiger partial charge on any atom is 0.324 e. The average Bonchev–Trinajstić information content (AvgIpc) is 3.11. The lowest BCUT2D eigenvalue weighted by Crippen LogP contribution is -2.43. The predicted molar refractivity (Wildman–Crippen MR) is 102 cm³/mol. The molecule has 0 saturated carbocycles. The Morgan fingerprint density at radius 2 is 2.00 bits per heavy atom. The Bertz CT molecular complexity index is 766.